The summed E-state index contributed by atoms with van der Waals surface area (Å²) >= 11 is 0. The number of pyridine rings is 1. The zero-order chi connectivity index (χ0) is 15.0. The van der Waals surface area contributed by atoms with Crippen molar-refractivity contribution < 1.29 is 18.4 Å². The summed E-state index contributed by atoms with van der Waals surface area (Å²) in [6.07, 6.45) is 1.84. The van der Waals surface area contributed by atoms with Crippen molar-refractivity contribution in [2.24, 2.45) is 0 Å². The molecule has 7 heteroatoms. The molecule has 6 nitrogen and oxygen atoms in total. The van der Waals surface area contributed by atoms with E-state index in [0.717, 1.165) is 6.42 Å². The van der Waals surface area contributed by atoms with Crippen LogP contribution in [0.15, 0.2) is 17.1 Å². The van der Waals surface area contributed by atoms with Crippen molar-refractivity contribution in [2.45, 2.75) is 25.4 Å². The van der Waals surface area contributed by atoms with Crippen molar-refractivity contribution in [3.63, 3.8) is 0 Å². The van der Waals surface area contributed by atoms with Gasteiger partial charge < -0.3 is 19.2 Å². The SMILES string of the molecule is CCCOc1c[nH]c(CS(=O)CC(OC)OC)cc1=O. The number of aromatic amines is 1. The number of nitrogens with one attached hydrogen (secondary N) is 1. The van der Waals surface area contributed by atoms with Crippen molar-refractivity contribution in [3.8, 4) is 5.75 Å². The second-order valence-corrected chi connectivity index (χ2v) is 5.69. The number of hydrogen-bond acceptors (Lipinski definition) is 5. The van der Waals surface area contributed by atoms with Gasteiger partial charge in [0.1, 0.15) is 0 Å². The molecule has 1 rings (SSSR count). The fourth-order valence-electron chi connectivity index (χ4n) is 1.53. The molecule has 0 aliphatic rings. The van der Waals surface area contributed by atoms with Gasteiger partial charge >= 0.3 is 0 Å². The third-order valence-corrected chi connectivity index (χ3v) is 3.84. The van der Waals surface area contributed by atoms with E-state index in [4.69, 9.17) is 14.2 Å². The molecular weight excluding hydrogens is 282 g/mol. The van der Waals surface area contributed by atoms with Gasteiger partial charge in [0.2, 0.25) is 5.43 Å². The molecule has 0 saturated carbocycles. The van der Waals surface area contributed by atoms with E-state index in [2.05, 4.69) is 4.98 Å². The molecule has 0 fully saturated rings. The van der Waals surface area contributed by atoms with Crippen LogP contribution in [0.1, 0.15) is 19.0 Å². The molecule has 0 aliphatic heterocycles. The van der Waals surface area contributed by atoms with E-state index in [1.54, 1.807) is 0 Å². The molecule has 20 heavy (non-hydrogen) atoms. The van der Waals surface area contributed by atoms with Gasteiger partial charge in [-0.3, -0.25) is 9.00 Å². The highest BCUT2D eigenvalue weighted by molar-refractivity contribution is 7.84. The predicted octanol–water partition coefficient (Wildman–Crippen LogP) is 1.03. The van der Waals surface area contributed by atoms with E-state index in [1.807, 2.05) is 6.92 Å². The minimum absolute atomic E-state index is 0.209. The van der Waals surface area contributed by atoms with E-state index in [0.29, 0.717) is 12.3 Å². The van der Waals surface area contributed by atoms with E-state index >= 15 is 0 Å². The third kappa shape index (κ3) is 5.44. The number of rotatable bonds is 9. The Morgan fingerprint density at radius 1 is 1.35 bits per heavy atom. The van der Waals surface area contributed by atoms with Crippen molar-refractivity contribution in [2.75, 3.05) is 26.6 Å². The van der Waals surface area contributed by atoms with Crippen LogP contribution in [0.2, 0.25) is 0 Å². The van der Waals surface area contributed by atoms with Gasteiger partial charge in [-0.15, -0.1) is 0 Å². The lowest BCUT2D eigenvalue weighted by molar-refractivity contribution is -0.0847. The van der Waals surface area contributed by atoms with Gasteiger partial charge in [-0.2, -0.15) is 0 Å². The Kier molecular flexibility index (Phi) is 7.50. The number of hydrogen-bond donors (Lipinski definition) is 1. The Balaban J connectivity index is 2.62. The van der Waals surface area contributed by atoms with Crippen LogP contribution in [0, 0.1) is 0 Å². The first-order valence-corrected chi connectivity index (χ1v) is 7.84. The Labute approximate surface area is 120 Å². The zero-order valence-electron chi connectivity index (χ0n) is 12.0. The van der Waals surface area contributed by atoms with Crippen LogP contribution < -0.4 is 10.2 Å². The van der Waals surface area contributed by atoms with Gasteiger partial charge in [-0.05, 0) is 6.42 Å². The second kappa shape index (κ2) is 8.89. The maximum absolute atomic E-state index is 11.9. The minimum atomic E-state index is -1.18. The molecule has 1 heterocycles. The first-order valence-electron chi connectivity index (χ1n) is 6.35. The van der Waals surface area contributed by atoms with Gasteiger partial charge in [0.15, 0.2) is 12.0 Å². The fourth-order valence-corrected chi connectivity index (χ4v) is 2.73. The molecule has 1 atom stereocenters. The van der Waals surface area contributed by atoms with Gasteiger partial charge in [0.25, 0.3) is 0 Å². The van der Waals surface area contributed by atoms with Crippen LogP contribution in [0.25, 0.3) is 0 Å². The van der Waals surface area contributed by atoms with Crippen molar-refractivity contribution >= 4 is 10.8 Å². The largest absolute Gasteiger partial charge is 0.488 e. The van der Waals surface area contributed by atoms with E-state index in [1.165, 1.54) is 26.5 Å². The smallest absolute Gasteiger partial charge is 0.223 e. The van der Waals surface area contributed by atoms with Crippen LogP contribution >= 0.6 is 0 Å². The Hall–Kier alpha value is -1.18. The summed E-state index contributed by atoms with van der Waals surface area (Å²) in [5.74, 6) is 0.781. The Bertz CT molecular complexity index is 484. The molecule has 0 spiro atoms. The fraction of sp³-hybridized carbons (Fsp3) is 0.615. The number of aromatic nitrogens is 1. The van der Waals surface area contributed by atoms with Crippen LogP contribution in [-0.4, -0.2) is 42.1 Å². The molecule has 114 valence electrons. The highest BCUT2D eigenvalue weighted by Crippen LogP contribution is 2.06. The summed E-state index contributed by atoms with van der Waals surface area (Å²) in [6, 6.07) is 1.41. The van der Waals surface area contributed by atoms with Crippen LogP contribution in [0.3, 0.4) is 0 Å². The van der Waals surface area contributed by atoms with E-state index < -0.39 is 17.1 Å². The molecule has 0 saturated heterocycles. The second-order valence-electron chi connectivity index (χ2n) is 4.19. The number of methoxy groups -OCH3 is 2. The van der Waals surface area contributed by atoms with Gasteiger partial charge in [-0.25, -0.2) is 0 Å². The molecule has 0 aromatic carbocycles. The van der Waals surface area contributed by atoms with Gasteiger partial charge in [0.05, 0.1) is 18.1 Å². The maximum Gasteiger partial charge on any atom is 0.223 e. The molecule has 1 aromatic heterocycles. The standard InChI is InChI=1S/C13H21NO5S/c1-4-5-19-12-7-14-10(6-11(12)15)8-20(16)9-13(17-2)18-3/h6-7,13H,4-5,8-9H2,1-3H3,(H,14,15). The molecule has 0 radical (unpaired) electrons. The normalized spacial score (nSPS) is 12.6. The number of H-pyrrole nitrogens is 1. The van der Waals surface area contributed by atoms with E-state index in [-0.39, 0.29) is 22.7 Å². The molecule has 1 N–H and O–H groups in total. The number of ether oxygens (including phenoxy) is 3. The molecule has 1 unspecified atom stereocenters. The highest BCUT2D eigenvalue weighted by atomic mass is 32.2. The lowest BCUT2D eigenvalue weighted by Gasteiger charge is -2.12. The van der Waals surface area contributed by atoms with Gasteiger partial charge in [-0.1, -0.05) is 6.92 Å². The van der Waals surface area contributed by atoms with Crippen LogP contribution in [0.5, 0.6) is 5.75 Å². The monoisotopic (exact) mass is 303 g/mol. The third-order valence-electron chi connectivity index (χ3n) is 2.56. The quantitative estimate of drug-likeness (QED) is 0.689. The topological polar surface area (TPSA) is 77.6 Å². The van der Waals surface area contributed by atoms with Crippen molar-refractivity contribution in [1.29, 1.82) is 0 Å². The van der Waals surface area contributed by atoms with Gasteiger partial charge in [0, 0.05) is 43.0 Å². The van der Waals surface area contributed by atoms with E-state index in [9.17, 15) is 9.00 Å². The molecule has 0 aliphatic carbocycles. The maximum atomic E-state index is 11.9. The lowest BCUT2D eigenvalue weighted by Crippen LogP contribution is -2.22. The summed E-state index contributed by atoms with van der Waals surface area (Å²) in [5, 5.41) is 0. The molecule has 0 bridgehead atoms. The summed E-state index contributed by atoms with van der Waals surface area (Å²) in [7, 11) is 1.80. The van der Waals surface area contributed by atoms with Crippen LogP contribution in [0.4, 0.5) is 0 Å². The average Bonchev–Trinajstić information content (AvgIpc) is 2.44. The molecular formula is C13H21NO5S. The van der Waals surface area contributed by atoms with Crippen LogP contribution in [-0.2, 0) is 26.0 Å². The Morgan fingerprint density at radius 2 is 2.05 bits per heavy atom. The zero-order valence-corrected chi connectivity index (χ0v) is 12.8. The molecule has 1 aromatic rings. The summed E-state index contributed by atoms with van der Waals surface area (Å²) in [6.45, 7) is 2.46. The predicted molar refractivity (Wildman–Crippen MR) is 77.4 cm³/mol. The lowest BCUT2D eigenvalue weighted by atomic mass is 10.3. The first kappa shape index (κ1) is 16.9. The average molecular weight is 303 g/mol. The summed E-state index contributed by atoms with van der Waals surface area (Å²) in [5.41, 5.74) is 0.391. The minimum Gasteiger partial charge on any atom is -0.488 e. The summed E-state index contributed by atoms with van der Waals surface area (Å²) in [4.78, 5) is 14.7. The molecule has 0 amide bonds. The first-order chi connectivity index (χ1) is 9.60. The highest BCUT2D eigenvalue weighted by Gasteiger charge is 2.12. The van der Waals surface area contributed by atoms with Crippen molar-refractivity contribution in [3.05, 3.63) is 28.2 Å². The summed E-state index contributed by atoms with van der Waals surface area (Å²) < 4.78 is 27.2. The van der Waals surface area contributed by atoms with Crippen molar-refractivity contribution in [1.82, 2.24) is 4.98 Å². The Morgan fingerprint density at radius 3 is 2.60 bits per heavy atom.